The zero-order valence-corrected chi connectivity index (χ0v) is 13.6. The first-order valence-electron chi connectivity index (χ1n) is 5.39. The second-order valence-electron chi connectivity index (χ2n) is 3.73. The highest BCUT2D eigenvalue weighted by molar-refractivity contribution is 7.92. The fourth-order valence-corrected chi connectivity index (χ4v) is 2.96. The van der Waals surface area contributed by atoms with Crippen LogP contribution in [-0.4, -0.2) is 25.5 Å². The van der Waals surface area contributed by atoms with Gasteiger partial charge in [-0.3, -0.25) is 4.72 Å². The van der Waals surface area contributed by atoms with Crippen LogP contribution in [0.25, 0.3) is 0 Å². The minimum Gasteiger partial charge on any atom is -0.478 e. The van der Waals surface area contributed by atoms with Crippen LogP contribution >= 0.6 is 34.8 Å². The quantitative estimate of drug-likeness (QED) is 0.896. The van der Waals surface area contributed by atoms with Crippen molar-refractivity contribution in [2.24, 2.45) is 0 Å². The van der Waals surface area contributed by atoms with E-state index in [9.17, 15) is 8.42 Å². The van der Waals surface area contributed by atoms with E-state index in [1.165, 1.54) is 25.3 Å². The van der Waals surface area contributed by atoms with Gasteiger partial charge in [0.1, 0.15) is 0 Å². The van der Waals surface area contributed by atoms with Crippen LogP contribution in [0.2, 0.25) is 15.3 Å². The molecule has 112 valence electrons. The van der Waals surface area contributed by atoms with Crippen molar-refractivity contribution in [3.8, 4) is 5.88 Å². The Labute approximate surface area is 136 Å². The van der Waals surface area contributed by atoms with E-state index < -0.39 is 10.0 Å². The normalized spacial score (nSPS) is 11.2. The molecule has 0 saturated carbocycles. The van der Waals surface area contributed by atoms with Gasteiger partial charge in [-0.25, -0.2) is 13.4 Å². The van der Waals surface area contributed by atoms with E-state index >= 15 is 0 Å². The number of rotatable bonds is 4. The summed E-state index contributed by atoms with van der Waals surface area (Å²) in [6.07, 6.45) is 0. The lowest BCUT2D eigenvalue weighted by Crippen LogP contribution is -2.15. The first-order chi connectivity index (χ1) is 9.83. The van der Waals surface area contributed by atoms with E-state index in [1.807, 2.05) is 0 Å². The van der Waals surface area contributed by atoms with Crippen LogP contribution in [0, 0.1) is 0 Å². The van der Waals surface area contributed by atoms with Gasteiger partial charge in [0.2, 0.25) is 5.82 Å². The number of benzene rings is 1. The van der Waals surface area contributed by atoms with E-state index in [2.05, 4.69) is 14.7 Å². The highest BCUT2D eigenvalue weighted by Crippen LogP contribution is 2.28. The van der Waals surface area contributed by atoms with Crippen LogP contribution in [-0.2, 0) is 10.0 Å². The molecule has 1 aromatic heterocycles. The molecule has 1 heterocycles. The predicted octanol–water partition coefficient (Wildman–Crippen LogP) is 3.25. The van der Waals surface area contributed by atoms with Crippen LogP contribution in [0.5, 0.6) is 5.88 Å². The topological polar surface area (TPSA) is 81.2 Å². The standard InChI is InChI=1S/C11H8Cl3N3O3S/c1-20-11-10(15-8(13)9(14)16-11)17-21(18,19)7-4-2-3-6(12)5-7/h2-5H,1H3,(H,15,17). The number of anilines is 1. The Bertz CT molecular complexity index is 784. The number of methoxy groups -OCH3 is 1. The number of nitrogens with zero attached hydrogens (tertiary/aromatic N) is 2. The summed E-state index contributed by atoms with van der Waals surface area (Å²) in [6.45, 7) is 0. The summed E-state index contributed by atoms with van der Waals surface area (Å²) in [6, 6.07) is 5.74. The van der Waals surface area contributed by atoms with Gasteiger partial charge in [0.05, 0.1) is 12.0 Å². The fraction of sp³-hybridized carbons (Fsp3) is 0.0909. The SMILES string of the molecule is COc1nc(Cl)c(Cl)nc1NS(=O)(=O)c1cccc(Cl)c1. The van der Waals surface area contributed by atoms with Crippen molar-refractivity contribution >= 4 is 50.6 Å². The van der Waals surface area contributed by atoms with Gasteiger partial charge >= 0.3 is 0 Å². The average Bonchev–Trinajstić information content (AvgIpc) is 2.42. The molecule has 0 atom stereocenters. The lowest BCUT2D eigenvalue weighted by molar-refractivity contribution is 0.398. The molecular formula is C11H8Cl3N3O3S. The molecule has 0 spiro atoms. The molecule has 6 nitrogen and oxygen atoms in total. The highest BCUT2D eigenvalue weighted by Gasteiger charge is 2.20. The van der Waals surface area contributed by atoms with E-state index in [0.717, 1.165) is 0 Å². The maximum atomic E-state index is 12.2. The average molecular weight is 369 g/mol. The molecule has 0 amide bonds. The minimum atomic E-state index is -3.92. The van der Waals surface area contributed by atoms with Gasteiger partial charge in [0.15, 0.2) is 10.3 Å². The summed E-state index contributed by atoms with van der Waals surface area (Å²) < 4.78 is 31.6. The minimum absolute atomic E-state index is 0.0371. The van der Waals surface area contributed by atoms with Gasteiger partial charge in [-0.2, -0.15) is 4.98 Å². The first kappa shape index (κ1) is 16.1. The van der Waals surface area contributed by atoms with Gasteiger partial charge in [-0.05, 0) is 18.2 Å². The highest BCUT2D eigenvalue weighted by atomic mass is 35.5. The third-order valence-electron chi connectivity index (χ3n) is 2.31. The largest absolute Gasteiger partial charge is 0.478 e. The monoisotopic (exact) mass is 367 g/mol. The number of hydrogen-bond acceptors (Lipinski definition) is 5. The Hall–Kier alpha value is -1.28. The molecule has 0 radical (unpaired) electrons. The number of halogens is 3. The lowest BCUT2D eigenvalue weighted by Gasteiger charge is -2.11. The molecule has 10 heteroatoms. The maximum absolute atomic E-state index is 12.2. The number of hydrogen-bond donors (Lipinski definition) is 1. The number of ether oxygens (including phenoxy) is 1. The van der Waals surface area contributed by atoms with Gasteiger partial charge in [-0.15, -0.1) is 0 Å². The fourth-order valence-electron chi connectivity index (χ4n) is 1.41. The molecule has 0 unspecified atom stereocenters. The summed E-state index contributed by atoms with van der Waals surface area (Å²) in [5, 5.41) is 0.0329. The van der Waals surface area contributed by atoms with Crippen molar-refractivity contribution in [2.45, 2.75) is 4.90 Å². The Kier molecular flexibility index (Phi) is 4.77. The third kappa shape index (κ3) is 3.68. The second kappa shape index (κ2) is 6.23. The summed E-state index contributed by atoms with van der Waals surface area (Å²) in [4.78, 5) is 7.54. The molecule has 0 fully saturated rings. The van der Waals surface area contributed by atoms with E-state index in [0.29, 0.717) is 0 Å². The summed E-state index contributed by atoms with van der Waals surface area (Å²) >= 11 is 17.2. The Balaban J connectivity index is 2.44. The van der Waals surface area contributed by atoms with Crippen LogP contribution in [0.15, 0.2) is 29.2 Å². The maximum Gasteiger partial charge on any atom is 0.263 e. The zero-order valence-electron chi connectivity index (χ0n) is 10.5. The van der Waals surface area contributed by atoms with Crippen molar-refractivity contribution in [2.75, 3.05) is 11.8 Å². The van der Waals surface area contributed by atoms with E-state index in [4.69, 9.17) is 39.5 Å². The Morgan fingerprint density at radius 1 is 1.14 bits per heavy atom. The molecule has 0 aliphatic heterocycles. The lowest BCUT2D eigenvalue weighted by atomic mass is 10.4. The molecule has 1 aromatic carbocycles. The molecule has 0 saturated heterocycles. The number of aromatic nitrogens is 2. The Morgan fingerprint density at radius 2 is 1.81 bits per heavy atom. The number of nitrogens with one attached hydrogen (secondary N) is 1. The molecule has 0 aliphatic rings. The summed E-state index contributed by atoms with van der Waals surface area (Å²) in [7, 11) is -2.62. The molecule has 21 heavy (non-hydrogen) atoms. The summed E-state index contributed by atoms with van der Waals surface area (Å²) in [5.74, 6) is -0.276. The summed E-state index contributed by atoms with van der Waals surface area (Å²) in [5.41, 5.74) is 0. The Morgan fingerprint density at radius 3 is 2.43 bits per heavy atom. The molecule has 1 N–H and O–H groups in total. The molecular weight excluding hydrogens is 361 g/mol. The molecule has 0 bridgehead atoms. The van der Waals surface area contributed by atoms with Gasteiger partial charge in [-0.1, -0.05) is 40.9 Å². The van der Waals surface area contributed by atoms with Gasteiger partial charge in [0, 0.05) is 5.02 Å². The molecule has 2 aromatic rings. The van der Waals surface area contributed by atoms with Crippen molar-refractivity contribution in [1.29, 1.82) is 0 Å². The van der Waals surface area contributed by atoms with Crippen LogP contribution in [0.4, 0.5) is 5.82 Å². The predicted molar refractivity (Wildman–Crippen MR) is 80.9 cm³/mol. The van der Waals surface area contributed by atoms with Crippen LogP contribution in [0.3, 0.4) is 0 Å². The van der Waals surface area contributed by atoms with Gasteiger partial charge < -0.3 is 4.74 Å². The van der Waals surface area contributed by atoms with Crippen LogP contribution < -0.4 is 9.46 Å². The van der Waals surface area contributed by atoms with Crippen molar-refractivity contribution in [3.05, 3.63) is 39.6 Å². The smallest absolute Gasteiger partial charge is 0.263 e. The van der Waals surface area contributed by atoms with E-state index in [-0.39, 0.29) is 31.9 Å². The zero-order chi connectivity index (χ0) is 15.6. The molecule has 0 aliphatic carbocycles. The van der Waals surface area contributed by atoms with Crippen molar-refractivity contribution in [3.63, 3.8) is 0 Å². The second-order valence-corrected chi connectivity index (χ2v) is 6.56. The molecule has 2 rings (SSSR count). The van der Waals surface area contributed by atoms with Gasteiger partial charge in [0.25, 0.3) is 15.9 Å². The first-order valence-corrected chi connectivity index (χ1v) is 8.00. The van der Waals surface area contributed by atoms with Crippen LogP contribution in [0.1, 0.15) is 0 Å². The van der Waals surface area contributed by atoms with Crippen molar-refractivity contribution < 1.29 is 13.2 Å². The van der Waals surface area contributed by atoms with E-state index in [1.54, 1.807) is 6.07 Å². The third-order valence-corrected chi connectivity index (χ3v) is 4.51. The van der Waals surface area contributed by atoms with Crippen molar-refractivity contribution in [1.82, 2.24) is 9.97 Å². The number of sulfonamides is 1.